The minimum atomic E-state index is -4.89. The van der Waals surface area contributed by atoms with Crippen LogP contribution in [-0.4, -0.2) is 0 Å². The third-order valence-corrected chi connectivity index (χ3v) is 7.33. The van der Waals surface area contributed by atoms with E-state index in [0.29, 0.717) is 0 Å². The maximum absolute atomic E-state index is 13.3. The van der Waals surface area contributed by atoms with Crippen LogP contribution in [0.15, 0.2) is 133 Å². The molecule has 0 spiro atoms. The number of rotatable bonds is 4. The summed E-state index contributed by atoms with van der Waals surface area (Å²) in [6.45, 7) is 0. The van der Waals surface area contributed by atoms with E-state index in [9.17, 15) is 26.3 Å². The molecule has 0 aliphatic rings. The lowest BCUT2D eigenvalue weighted by atomic mass is 9.95. The molecule has 0 saturated heterocycles. The Balaban J connectivity index is 1.22. The van der Waals surface area contributed by atoms with Crippen LogP contribution < -0.4 is 0 Å². The van der Waals surface area contributed by atoms with Crippen LogP contribution >= 0.6 is 0 Å². The van der Waals surface area contributed by atoms with Gasteiger partial charge >= 0.3 is 12.4 Å². The molecule has 0 unspecified atom stereocenters. The lowest BCUT2D eigenvalue weighted by Crippen LogP contribution is -2.11. The number of alkyl halides is 6. The fourth-order valence-corrected chi connectivity index (χ4v) is 5.06. The van der Waals surface area contributed by atoms with Gasteiger partial charge in [-0.2, -0.15) is 26.3 Å². The third kappa shape index (κ3) is 5.66. The van der Waals surface area contributed by atoms with Gasteiger partial charge in [-0.25, -0.2) is 0 Å². The molecular formula is C36H22F6. The second-order valence-electron chi connectivity index (χ2n) is 10.1. The van der Waals surface area contributed by atoms with E-state index in [-0.39, 0.29) is 17.2 Å². The first-order valence-electron chi connectivity index (χ1n) is 13.1. The van der Waals surface area contributed by atoms with Crippen LogP contribution in [0, 0.1) is 0 Å². The molecule has 6 rings (SSSR count). The zero-order valence-electron chi connectivity index (χ0n) is 22.0. The minimum absolute atomic E-state index is 0.135. The van der Waals surface area contributed by atoms with Crippen LogP contribution in [0.2, 0.25) is 0 Å². The molecule has 0 radical (unpaired) electrons. The number of fused-ring (bicyclic) bond motifs is 1. The highest BCUT2D eigenvalue weighted by molar-refractivity contribution is 5.87. The summed E-state index contributed by atoms with van der Waals surface area (Å²) in [5, 5.41) is 2.38. The summed E-state index contributed by atoms with van der Waals surface area (Å²) in [6.07, 6.45) is -9.79. The lowest BCUT2D eigenvalue weighted by molar-refractivity contribution is -0.143. The monoisotopic (exact) mass is 568 g/mol. The second kappa shape index (κ2) is 10.5. The van der Waals surface area contributed by atoms with Crippen molar-refractivity contribution in [1.82, 2.24) is 0 Å². The summed E-state index contributed by atoms with van der Waals surface area (Å²) in [6, 6.07) is 38.8. The summed E-state index contributed by atoms with van der Waals surface area (Å²) in [5.74, 6) is 0. The van der Waals surface area contributed by atoms with E-state index in [1.54, 1.807) is 12.1 Å². The van der Waals surface area contributed by atoms with Gasteiger partial charge < -0.3 is 0 Å². The normalized spacial score (nSPS) is 12.0. The summed E-state index contributed by atoms with van der Waals surface area (Å²) in [4.78, 5) is 0. The Morgan fingerprint density at radius 1 is 0.286 bits per heavy atom. The van der Waals surface area contributed by atoms with Crippen LogP contribution in [-0.2, 0) is 12.4 Å². The molecule has 0 aliphatic carbocycles. The fourth-order valence-electron chi connectivity index (χ4n) is 5.06. The van der Waals surface area contributed by atoms with Gasteiger partial charge in [-0.1, -0.05) is 109 Å². The van der Waals surface area contributed by atoms with E-state index in [0.717, 1.165) is 45.5 Å². The Kier molecular flexibility index (Phi) is 6.85. The summed E-state index contributed by atoms with van der Waals surface area (Å²) < 4.78 is 79.6. The predicted molar refractivity (Wildman–Crippen MR) is 156 cm³/mol. The molecule has 0 aromatic heterocycles. The van der Waals surface area contributed by atoms with Crippen molar-refractivity contribution in [3.8, 4) is 44.5 Å². The van der Waals surface area contributed by atoms with E-state index in [2.05, 4.69) is 54.6 Å². The Morgan fingerprint density at radius 2 is 0.619 bits per heavy atom. The Morgan fingerprint density at radius 3 is 1.02 bits per heavy atom. The second-order valence-corrected chi connectivity index (χ2v) is 10.1. The summed E-state index contributed by atoms with van der Waals surface area (Å²) >= 11 is 0. The van der Waals surface area contributed by atoms with Crippen molar-refractivity contribution >= 4 is 10.8 Å². The maximum Gasteiger partial charge on any atom is 0.416 e. The molecule has 0 saturated carbocycles. The standard InChI is InChI=1S/C36H22F6/c37-35(38,39)33-20-32(21-34(22-33)36(40,41)42)29-15-11-27(12-16-29)25-7-5-24(6-8-25)26-9-13-28(14-10-26)31-18-17-23-3-1-2-4-30(23)19-31/h1-22H. The van der Waals surface area contributed by atoms with Crippen molar-refractivity contribution in [3.63, 3.8) is 0 Å². The van der Waals surface area contributed by atoms with E-state index in [4.69, 9.17) is 0 Å². The zero-order chi connectivity index (χ0) is 29.5. The van der Waals surface area contributed by atoms with Crippen molar-refractivity contribution in [1.29, 1.82) is 0 Å². The quantitative estimate of drug-likeness (QED) is 0.186. The molecule has 6 aromatic rings. The largest absolute Gasteiger partial charge is 0.416 e. The van der Waals surface area contributed by atoms with Gasteiger partial charge in [-0.15, -0.1) is 0 Å². The summed E-state index contributed by atoms with van der Waals surface area (Å²) in [7, 11) is 0. The SMILES string of the molecule is FC(F)(F)c1cc(-c2ccc(-c3ccc(-c4ccc(-c5ccc6ccccc6c5)cc4)cc3)cc2)cc(C(F)(F)F)c1. The maximum atomic E-state index is 13.3. The average Bonchev–Trinajstić information content (AvgIpc) is 3.00. The van der Waals surface area contributed by atoms with E-state index in [1.807, 2.05) is 36.4 Å². The van der Waals surface area contributed by atoms with Gasteiger partial charge in [-0.3, -0.25) is 0 Å². The molecule has 0 fully saturated rings. The molecule has 6 heteroatoms. The van der Waals surface area contributed by atoms with Gasteiger partial charge in [0.05, 0.1) is 11.1 Å². The Bertz CT molecular complexity index is 1830. The molecule has 0 nitrogen and oxygen atoms in total. The first-order chi connectivity index (χ1) is 20.0. The first-order valence-corrected chi connectivity index (χ1v) is 13.1. The molecule has 0 aliphatic heterocycles. The molecule has 42 heavy (non-hydrogen) atoms. The molecule has 0 bridgehead atoms. The number of benzene rings is 6. The highest BCUT2D eigenvalue weighted by Gasteiger charge is 2.37. The van der Waals surface area contributed by atoms with Gasteiger partial charge in [0.25, 0.3) is 0 Å². The van der Waals surface area contributed by atoms with E-state index >= 15 is 0 Å². The molecule has 0 amide bonds. The fraction of sp³-hybridized carbons (Fsp3) is 0.0556. The number of hydrogen-bond acceptors (Lipinski definition) is 0. The topological polar surface area (TPSA) is 0 Å². The predicted octanol–water partition coefficient (Wildman–Crippen LogP) is 11.5. The molecule has 0 heterocycles. The van der Waals surface area contributed by atoms with Crippen LogP contribution in [0.5, 0.6) is 0 Å². The molecule has 0 N–H and O–H groups in total. The van der Waals surface area contributed by atoms with Gasteiger partial charge in [-0.05, 0) is 79.5 Å². The zero-order valence-corrected chi connectivity index (χ0v) is 22.0. The van der Waals surface area contributed by atoms with Gasteiger partial charge in [0.1, 0.15) is 0 Å². The van der Waals surface area contributed by atoms with Crippen molar-refractivity contribution in [2.24, 2.45) is 0 Å². The molecule has 6 aromatic carbocycles. The highest BCUT2D eigenvalue weighted by atomic mass is 19.4. The smallest absolute Gasteiger partial charge is 0.166 e. The Labute approximate surface area is 238 Å². The molecule has 208 valence electrons. The van der Waals surface area contributed by atoms with Crippen LogP contribution in [0.3, 0.4) is 0 Å². The average molecular weight is 569 g/mol. The van der Waals surface area contributed by atoms with Gasteiger partial charge in [0.15, 0.2) is 0 Å². The minimum Gasteiger partial charge on any atom is -0.166 e. The van der Waals surface area contributed by atoms with Crippen LogP contribution in [0.25, 0.3) is 55.3 Å². The van der Waals surface area contributed by atoms with E-state index in [1.165, 1.54) is 22.9 Å². The highest BCUT2D eigenvalue weighted by Crippen LogP contribution is 2.39. The summed E-state index contributed by atoms with van der Waals surface area (Å²) in [5.41, 5.74) is 3.43. The first kappa shape index (κ1) is 27.3. The van der Waals surface area contributed by atoms with Crippen molar-refractivity contribution in [2.45, 2.75) is 12.4 Å². The number of halogens is 6. The third-order valence-electron chi connectivity index (χ3n) is 7.33. The van der Waals surface area contributed by atoms with Crippen LogP contribution in [0.4, 0.5) is 26.3 Å². The Hall–Kier alpha value is -4.84. The van der Waals surface area contributed by atoms with E-state index < -0.39 is 23.5 Å². The molecular weight excluding hydrogens is 546 g/mol. The van der Waals surface area contributed by atoms with Gasteiger partial charge in [0.2, 0.25) is 0 Å². The lowest BCUT2D eigenvalue weighted by Gasteiger charge is -2.14. The van der Waals surface area contributed by atoms with Crippen LogP contribution in [0.1, 0.15) is 11.1 Å². The molecule has 0 atom stereocenters. The van der Waals surface area contributed by atoms with Crippen molar-refractivity contribution < 1.29 is 26.3 Å². The van der Waals surface area contributed by atoms with Crippen molar-refractivity contribution in [3.05, 3.63) is 145 Å². The van der Waals surface area contributed by atoms with Crippen molar-refractivity contribution in [2.75, 3.05) is 0 Å². The van der Waals surface area contributed by atoms with Gasteiger partial charge in [0, 0.05) is 0 Å². The number of hydrogen-bond donors (Lipinski definition) is 0.